The van der Waals surface area contributed by atoms with Crippen LogP contribution in [0.2, 0.25) is 0 Å². The molecule has 3 amide bonds. The fraction of sp³-hybridized carbons (Fsp3) is 0.800. The molecular formula is C10H17N3O2. The Hall–Kier alpha value is -1.10. The average Bonchev–Trinajstić information content (AvgIpc) is 2.41. The van der Waals surface area contributed by atoms with Gasteiger partial charge in [-0.15, -0.1) is 0 Å². The number of carbonyl (C=O) groups excluding carboxylic acids is 2. The van der Waals surface area contributed by atoms with E-state index in [-0.39, 0.29) is 11.9 Å². The summed E-state index contributed by atoms with van der Waals surface area (Å²) in [5.41, 5.74) is -0.695. The zero-order valence-electron chi connectivity index (χ0n) is 8.93. The summed E-state index contributed by atoms with van der Waals surface area (Å²) < 4.78 is 0. The van der Waals surface area contributed by atoms with Crippen LogP contribution in [0, 0.1) is 5.92 Å². The maximum absolute atomic E-state index is 11.6. The van der Waals surface area contributed by atoms with Gasteiger partial charge in [0.1, 0.15) is 5.54 Å². The van der Waals surface area contributed by atoms with E-state index >= 15 is 0 Å². The first kappa shape index (κ1) is 10.4. The summed E-state index contributed by atoms with van der Waals surface area (Å²) in [4.78, 5) is 22.6. The van der Waals surface area contributed by atoms with E-state index in [1.54, 1.807) is 6.92 Å². The number of carbonyl (C=O) groups is 2. The molecule has 15 heavy (non-hydrogen) atoms. The predicted octanol–water partition coefficient (Wildman–Crippen LogP) is -0.0258. The molecule has 0 aromatic rings. The number of rotatable bonds is 2. The van der Waals surface area contributed by atoms with Crippen LogP contribution in [0.1, 0.15) is 26.2 Å². The van der Waals surface area contributed by atoms with Gasteiger partial charge in [-0.2, -0.15) is 0 Å². The highest BCUT2D eigenvalue weighted by atomic mass is 16.2. The minimum absolute atomic E-state index is 0.189. The molecule has 1 atom stereocenters. The molecule has 3 N–H and O–H groups in total. The highest BCUT2D eigenvalue weighted by molar-refractivity contribution is 6.06. The fourth-order valence-electron chi connectivity index (χ4n) is 2.39. The third kappa shape index (κ3) is 2.12. The average molecular weight is 211 g/mol. The number of imide groups is 1. The Labute approximate surface area is 89.0 Å². The van der Waals surface area contributed by atoms with Crippen molar-refractivity contribution in [3.8, 4) is 0 Å². The summed E-state index contributed by atoms with van der Waals surface area (Å²) in [6.07, 6.45) is 2.91. The molecule has 0 saturated carbocycles. The van der Waals surface area contributed by atoms with Crippen molar-refractivity contribution in [1.82, 2.24) is 16.0 Å². The van der Waals surface area contributed by atoms with E-state index in [0.717, 1.165) is 32.4 Å². The largest absolute Gasteiger partial charge is 0.324 e. The molecule has 2 heterocycles. The van der Waals surface area contributed by atoms with Gasteiger partial charge >= 0.3 is 6.03 Å². The van der Waals surface area contributed by atoms with Gasteiger partial charge < -0.3 is 10.6 Å². The Morgan fingerprint density at radius 1 is 1.33 bits per heavy atom. The van der Waals surface area contributed by atoms with Crippen molar-refractivity contribution >= 4 is 11.9 Å². The van der Waals surface area contributed by atoms with Crippen LogP contribution in [0.5, 0.6) is 0 Å². The SMILES string of the molecule is CC1(CC2CCNCC2)NC(=O)NC1=O. The van der Waals surface area contributed by atoms with Gasteiger partial charge in [0.25, 0.3) is 5.91 Å². The zero-order chi connectivity index (χ0) is 10.9. The van der Waals surface area contributed by atoms with Gasteiger partial charge in [0, 0.05) is 0 Å². The standard InChI is InChI=1S/C10H17N3O2/c1-10(8(14)12-9(15)13-10)6-7-2-4-11-5-3-7/h7,11H,2-6H2,1H3,(H2,12,13,14,15). The van der Waals surface area contributed by atoms with E-state index in [2.05, 4.69) is 16.0 Å². The number of amides is 3. The smallest absolute Gasteiger partial charge is 0.322 e. The van der Waals surface area contributed by atoms with Crippen molar-refractivity contribution in [1.29, 1.82) is 0 Å². The number of hydrogen-bond donors (Lipinski definition) is 3. The molecule has 2 fully saturated rings. The first-order chi connectivity index (χ1) is 7.10. The lowest BCUT2D eigenvalue weighted by Gasteiger charge is -2.29. The summed E-state index contributed by atoms with van der Waals surface area (Å²) in [6.45, 7) is 3.82. The van der Waals surface area contributed by atoms with Crippen molar-refractivity contribution in [2.24, 2.45) is 5.92 Å². The topological polar surface area (TPSA) is 70.2 Å². The van der Waals surface area contributed by atoms with Gasteiger partial charge in [-0.25, -0.2) is 4.79 Å². The summed E-state index contributed by atoms with van der Waals surface area (Å²) in [6, 6.07) is -0.364. The van der Waals surface area contributed by atoms with Crippen molar-refractivity contribution in [2.45, 2.75) is 31.7 Å². The van der Waals surface area contributed by atoms with Crippen LogP contribution >= 0.6 is 0 Å². The maximum atomic E-state index is 11.6. The van der Waals surface area contributed by atoms with Gasteiger partial charge in [0.05, 0.1) is 0 Å². The molecule has 84 valence electrons. The van der Waals surface area contributed by atoms with E-state index in [0.29, 0.717) is 5.92 Å². The second-order valence-electron chi connectivity index (χ2n) is 4.64. The lowest BCUT2D eigenvalue weighted by molar-refractivity contribution is -0.124. The van der Waals surface area contributed by atoms with E-state index < -0.39 is 5.54 Å². The van der Waals surface area contributed by atoms with Gasteiger partial charge in [0.15, 0.2) is 0 Å². The van der Waals surface area contributed by atoms with Crippen LogP contribution in [0.4, 0.5) is 4.79 Å². The van der Waals surface area contributed by atoms with Crippen molar-refractivity contribution in [3.05, 3.63) is 0 Å². The molecule has 0 aromatic carbocycles. The summed E-state index contributed by atoms with van der Waals surface area (Å²) in [5, 5.41) is 8.28. The normalized spacial score (nSPS) is 32.6. The van der Waals surface area contributed by atoms with Crippen LogP contribution in [-0.4, -0.2) is 30.6 Å². The van der Waals surface area contributed by atoms with Crippen LogP contribution < -0.4 is 16.0 Å². The maximum Gasteiger partial charge on any atom is 0.322 e. The van der Waals surface area contributed by atoms with Gasteiger partial charge in [0.2, 0.25) is 0 Å². The van der Waals surface area contributed by atoms with Crippen LogP contribution in [-0.2, 0) is 4.79 Å². The Morgan fingerprint density at radius 3 is 2.53 bits per heavy atom. The summed E-state index contributed by atoms with van der Waals surface area (Å²) in [7, 11) is 0. The third-order valence-electron chi connectivity index (χ3n) is 3.27. The molecule has 5 heteroatoms. The minimum Gasteiger partial charge on any atom is -0.324 e. The quantitative estimate of drug-likeness (QED) is 0.562. The first-order valence-electron chi connectivity index (χ1n) is 5.44. The molecular weight excluding hydrogens is 194 g/mol. The van der Waals surface area contributed by atoms with E-state index in [1.165, 1.54) is 0 Å². The number of piperidine rings is 1. The molecule has 0 bridgehead atoms. The van der Waals surface area contributed by atoms with Crippen molar-refractivity contribution in [3.63, 3.8) is 0 Å². The highest BCUT2D eigenvalue weighted by Crippen LogP contribution is 2.25. The van der Waals surface area contributed by atoms with Gasteiger partial charge in [-0.3, -0.25) is 10.1 Å². The number of nitrogens with one attached hydrogen (secondary N) is 3. The molecule has 2 saturated heterocycles. The fourth-order valence-corrected chi connectivity index (χ4v) is 2.39. The van der Waals surface area contributed by atoms with Crippen molar-refractivity contribution in [2.75, 3.05) is 13.1 Å². The second-order valence-corrected chi connectivity index (χ2v) is 4.64. The first-order valence-corrected chi connectivity index (χ1v) is 5.44. The Bertz CT molecular complexity index is 286. The van der Waals surface area contributed by atoms with Crippen molar-refractivity contribution < 1.29 is 9.59 Å². The second kappa shape index (κ2) is 3.81. The van der Waals surface area contributed by atoms with Crippen LogP contribution in [0.15, 0.2) is 0 Å². The molecule has 5 nitrogen and oxygen atoms in total. The van der Waals surface area contributed by atoms with E-state index in [1.807, 2.05) is 0 Å². The minimum atomic E-state index is -0.695. The van der Waals surface area contributed by atoms with Crippen LogP contribution in [0.25, 0.3) is 0 Å². The molecule has 1 unspecified atom stereocenters. The summed E-state index contributed by atoms with van der Waals surface area (Å²) >= 11 is 0. The summed E-state index contributed by atoms with van der Waals surface area (Å²) in [5.74, 6) is 0.339. The van der Waals surface area contributed by atoms with E-state index in [9.17, 15) is 9.59 Å². The van der Waals surface area contributed by atoms with Crippen LogP contribution in [0.3, 0.4) is 0 Å². The number of hydrogen-bond acceptors (Lipinski definition) is 3. The number of urea groups is 1. The van der Waals surface area contributed by atoms with E-state index in [4.69, 9.17) is 0 Å². The molecule has 0 aliphatic carbocycles. The molecule has 0 radical (unpaired) electrons. The molecule has 2 aliphatic heterocycles. The van der Waals surface area contributed by atoms with Gasteiger partial charge in [-0.1, -0.05) is 0 Å². The highest BCUT2D eigenvalue weighted by Gasteiger charge is 2.43. The lowest BCUT2D eigenvalue weighted by atomic mass is 9.84. The van der Waals surface area contributed by atoms with Gasteiger partial charge in [-0.05, 0) is 45.2 Å². The Balaban J connectivity index is 1.97. The molecule has 0 spiro atoms. The third-order valence-corrected chi connectivity index (χ3v) is 3.27. The zero-order valence-corrected chi connectivity index (χ0v) is 8.93. The Morgan fingerprint density at radius 2 is 2.00 bits per heavy atom. The Kier molecular flexibility index (Phi) is 2.65. The monoisotopic (exact) mass is 211 g/mol. The molecule has 2 aliphatic rings. The predicted molar refractivity (Wildman–Crippen MR) is 55.3 cm³/mol. The molecule has 2 rings (SSSR count). The lowest BCUT2D eigenvalue weighted by Crippen LogP contribution is -2.46. The molecule has 0 aromatic heterocycles.